The number of benzene rings is 2. The minimum atomic E-state index is -0.0451. The number of aliphatic hydroxyl groups is 1. The lowest BCUT2D eigenvalue weighted by Gasteiger charge is -2.08. The van der Waals surface area contributed by atoms with E-state index < -0.39 is 0 Å². The quantitative estimate of drug-likeness (QED) is 0.629. The Morgan fingerprint density at radius 3 is 2.65 bits per heavy atom. The summed E-state index contributed by atoms with van der Waals surface area (Å²) in [7, 11) is 0. The molecule has 2 aromatic carbocycles. The summed E-state index contributed by atoms with van der Waals surface area (Å²) < 4.78 is 1.80. The van der Waals surface area contributed by atoms with E-state index in [4.69, 9.17) is 0 Å². The second kappa shape index (κ2) is 5.66. The average Bonchev–Trinajstić information content (AvgIpc) is 3.10. The van der Waals surface area contributed by atoms with E-state index in [9.17, 15) is 5.11 Å². The van der Waals surface area contributed by atoms with E-state index in [1.54, 1.807) is 10.8 Å². The van der Waals surface area contributed by atoms with Crippen LogP contribution in [0.1, 0.15) is 5.69 Å². The van der Waals surface area contributed by atoms with Crippen molar-refractivity contribution in [1.82, 2.24) is 14.5 Å². The fraction of sp³-hybridized carbons (Fsp3) is 0.0526. The number of rotatable bonds is 3. The molecule has 0 atom stereocenters. The van der Waals surface area contributed by atoms with E-state index in [1.807, 2.05) is 36.5 Å². The van der Waals surface area contributed by atoms with Crippen molar-refractivity contribution in [2.75, 3.05) is 0 Å². The van der Waals surface area contributed by atoms with E-state index in [0.717, 1.165) is 17.0 Å². The smallest absolute Gasteiger partial charge is 0.234 e. The van der Waals surface area contributed by atoms with Gasteiger partial charge >= 0.3 is 0 Å². The van der Waals surface area contributed by atoms with Gasteiger partial charge in [-0.25, -0.2) is 9.97 Å². The topological polar surface area (TPSA) is 50.9 Å². The zero-order valence-electron chi connectivity index (χ0n) is 12.4. The van der Waals surface area contributed by atoms with Gasteiger partial charge in [-0.2, -0.15) is 0 Å². The number of nitrogens with zero attached hydrogens (tertiary/aromatic N) is 3. The number of aromatic nitrogens is 3. The molecule has 23 heavy (non-hydrogen) atoms. The highest BCUT2D eigenvalue weighted by Gasteiger charge is 2.07. The summed E-state index contributed by atoms with van der Waals surface area (Å²) in [6.45, 7) is -0.0451. The SMILES string of the molecule is OCc1cccn1-c1nccc(-c2ccc3ccccc3c2)n1. The molecule has 0 fully saturated rings. The van der Waals surface area contributed by atoms with Gasteiger partial charge in [0.05, 0.1) is 18.0 Å². The third kappa shape index (κ3) is 2.49. The van der Waals surface area contributed by atoms with Gasteiger partial charge in [-0.1, -0.05) is 36.4 Å². The van der Waals surface area contributed by atoms with E-state index >= 15 is 0 Å². The lowest BCUT2D eigenvalue weighted by Crippen LogP contribution is -2.04. The largest absolute Gasteiger partial charge is 0.390 e. The Morgan fingerprint density at radius 2 is 1.78 bits per heavy atom. The second-order valence-corrected chi connectivity index (χ2v) is 5.33. The van der Waals surface area contributed by atoms with Crippen LogP contribution < -0.4 is 0 Å². The Balaban J connectivity index is 1.81. The molecule has 4 heteroatoms. The third-order valence-electron chi connectivity index (χ3n) is 3.90. The molecule has 2 heterocycles. The van der Waals surface area contributed by atoms with Gasteiger partial charge in [0.25, 0.3) is 0 Å². The number of fused-ring (bicyclic) bond motifs is 1. The molecule has 0 aliphatic carbocycles. The standard InChI is InChI=1S/C19H15N3O/c23-13-17-6-3-11-22(17)19-20-10-9-18(21-19)16-8-7-14-4-1-2-5-15(14)12-16/h1-12,23H,13H2. The van der Waals surface area contributed by atoms with Gasteiger partial charge < -0.3 is 5.11 Å². The van der Waals surface area contributed by atoms with Crippen molar-refractivity contribution in [2.45, 2.75) is 6.61 Å². The summed E-state index contributed by atoms with van der Waals surface area (Å²) in [5, 5.41) is 11.8. The molecule has 0 radical (unpaired) electrons. The van der Waals surface area contributed by atoms with Gasteiger partial charge in [0.1, 0.15) is 0 Å². The van der Waals surface area contributed by atoms with Crippen molar-refractivity contribution in [2.24, 2.45) is 0 Å². The minimum Gasteiger partial charge on any atom is -0.390 e. The first kappa shape index (κ1) is 13.7. The normalized spacial score (nSPS) is 11.0. The van der Waals surface area contributed by atoms with Crippen LogP contribution in [0.5, 0.6) is 0 Å². The first-order valence-corrected chi connectivity index (χ1v) is 7.45. The monoisotopic (exact) mass is 301 g/mol. The predicted octanol–water partition coefficient (Wildman–Crippen LogP) is 3.58. The van der Waals surface area contributed by atoms with E-state index in [2.05, 4.69) is 40.3 Å². The van der Waals surface area contributed by atoms with Gasteiger partial charge in [0, 0.05) is 18.0 Å². The van der Waals surface area contributed by atoms with Crippen molar-refractivity contribution >= 4 is 10.8 Å². The molecule has 0 amide bonds. The van der Waals surface area contributed by atoms with Gasteiger partial charge in [0.2, 0.25) is 5.95 Å². The molecule has 1 N–H and O–H groups in total. The van der Waals surface area contributed by atoms with Crippen molar-refractivity contribution < 1.29 is 5.11 Å². The first-order valence-electron chi connectivity index (χ1n) is 7.45. The molecule has 4 nitrogen and oxygen atoms in total. The molecule has 0 saturated heterocycles. The molecule has 0 aliphatic heterocycles. The maximum absolute atomic E-state index is 9.40. The molecular formula is C19H15N3O. The zero-order valence-corrected chi connectivity index (χ0v) is 12.4. The highest BCUT2D eigenvalue weighted by Crippen LogP contribution is 2.23. The molecule has 0 saturated carbocycles. The van der Waals surface area contributed by atoms with Crippen LogP contribution in [0.25, 0.3) is 28.0 Å². The predicted molar refractivity (Wildman–Crippen MR) is 90.2 cm³/mol. The summed E-state index contributed by atoms with van der Waals surface area (Å²) in [5.74, 6) is 0.560. The fourth-order valence-electron chi connectivity index (χ4n) is 2.71. The Kier molecular flexibility index (Phi) is 3.37. The zero-order chi connectivity index (χ0) is 15.6. The Hall–Kier alpha value is -2.98. The molecule has 0 bridgehead atoms. The summed E-state index contributed by atoms with van der Waals surface area (Å²) in [6, 6.07) is 20.2. The van der Waals surface area contributed by atoms with Crippen molar-refractivity contribution in [3.05, 3.63) is 78.8 Å². The van der Waals surface area contributed by atoms with Crippen LogP contribution >= 0.6 is 0 Å². The second-order valence-electron chi connectivity index (χ2n) is 5.33. The van der Waals surface area contributed by atoms with Crippen LogP contribution in [0.3, 0.4) is 0 Å². The Bertz CT molecular complexity index is 975. The molecule has 2 aromatic heterocycles. The van der Waals surface area contributed by atoms with Crippen molar-refractivity contribution in [1.29, 1.82) is 0 Å². The van der Waals surface area contributed by atoms with Gasteiger partial charge in [-0.05, 0) is 35.0 Å². The highest BCUT2D eigenvalue weighted by atomic mass is 16.3. The summed E-state index contributed by atoms with van der Waals surface area (Å²) in [6.07, 6.45) is 3.60. The summed E-state index contributed by atoms with van der Waals surface area (Å²) >= 11 is 0. The highest BCUT2D eigenvalue weighted by molar-refractivity contribution is 5.86. The van der Waals surface area contributed by atoms with Crippen LogP contribution in [0, 0.1) is 0 Å². The van der Waals surface area contributed by atoms with E-state index in [1.165, 1.54) is 10.8 Å². The number of hydrogen-bond acceptors (Lipinski definition) is 3. The molecule has 4 rings (SSSR count). The molecule has 0 aliphatic rings. The molecular weight excluding hydrogens is 286 g/mol. The van der Waals surface area contributed by atoms with Crippen LogP contribution in [0.2, 0.25) is 0 Å². The van der Waals surface area contributed by atoms with E-state index in [-0.39, 0.29) is 6.61 Å². The van der Waals surface area contributed by atoms with Crippen LogP contribution in [-0.2, 0) is 6.61 Å². The first-order chi connectivity index (χ1) is 11.3. The van der Waals surface area contributed by atoms with Gasteiger partial charge in [0.15, 0.2) is 0 Å². The van der Waals surface area contributed by atoms with Gasteiger partial charge in [-0.3, -0.25) is 4.57 Å². The maximum Gasteiger partial charge on any atom is 0.234 e. The van der Waals surface area contributed by atoms with Crippen LogP contribution in [0.4, 0.5) is 0 Å². The van der Waals surface area contributed by atoms with E-state index in [0.29, 0.717) is 5.95 Å². The lowest BCUT2D eigenvalue weighted by atomic mass is 10.1. The van der Waals surface area contributed by atoms with Gasteiger partial charge in [-0.15, -0.1) is 0 Å². The Morgan fingerprint density at radius 1 is 0.913 bits per heavy atom. The lowest BCUT2D eigenvalue weighted by molar-refractivity contribution is 0.274. The summed E-state index contributed by atoms with van der Waals surface area (Å²) in [5.41, 5.74) is 2.67. The third-order valence-corrected chi connectivity index (χ3v) is 3.90. The Labute approximate surface area is 133 Å². The molecule has 0 unspecified atom stereocenters. The minimum absolute atomic E-state index is 0.0451. The van der Waals surface area contributed by atoms with Crippen LogP contribution in [0.15, 0.2) is 73.1 Å². The molecule has 112 valence electrons. The molecule has 4 aromatic rings. The summed E-state index contributed by atoms with van der Waals surface area (Å²) in [4.78, 5) is 8.96. The fourth-order valence-corrected chi connectivity index (χ4v) is 2.71. The van der Waals surface area contributed by atoms with Crippen LogP contribution in [-0.4, -0.2) is 19.6 Å². The number of hydrogen-bond donors (Lipinski definition) is 1. The van der Waals surface area contributed by atoms with Crippen molar-refractivity contribution in [3.63, 3.8) is 0 Å². The average molecular weight is 301 g/mol. The maximum atomic E-state index is 9.40. The molecule has 0 spiro atoms. The number of aliphatic hydroxyl groups excluding tert-OH is 1. The van der Waals surface area contributed by atoms with Crippen molar-refractivity contribution in [3.8, 4) is 17.2 Å².